The van der Waals surface area contributed by atoms with Crippen LogP contribution in [0.5, 0.6) is 0 Å². The first-order valence-electron chi connectivity index (χ1n) is 8.13. The van der Waals surface area contributed by atoms with Crippen LogP contribution in [0.15, 0.2) is 30.5 Å². The summed E-state index contributed by atoms with van der Waals surface area (Å²) in [5.74, 6) is 0.153. The number of para-hydroxylation sites is 1. The van der Waals surface area contributed by atoms with E-state index in [1.54, 1.807) is 0 Å². The lowest BCUT2D eigenvalue weighted by Gasteiger charge is -2.35. The van der Waals surface area contributed by atoms with Crippen LogP contribution in [0.25, 0.3) is 10.9 Å². The molecule has 2 aliphatic heterocycles. The number of amides is 1. The summed E-state index contributed by atoms with van der Waals surface area (Å²) in [5.41, 5.74) is 1.02. The first-order valence-corrected chi connectivity index (χ1v) is 8.13. The Labute approximate surface area is 142 Å². The van der Waals surface area contributed by atoms with Crippen LogP contribution >= 0.6 is 12.4 Å². The molecule has 2 saturated heterocycles. The number of hydrogen-bond acceptors (Lipinski definition) is 3. The van der Waals surface area contributed by atoms with Crippen LogP contribution in [0.1, 0.15) is 25.7 Å². The molecule has 2 bridgehead atoms. The van der Waals surface area contributed by atoms with E-state index in [2.05, 4.69) is 10.4 Å². The number of nitrogens with one attached hydrogen (secondary N) is 1. The van der Waals surface area contributed by atoms with Crippen molar-refractivity contribution in [3.63, 3.8) is 0 Å². The lowest BCUT2D eigenvalue weighted by atomic mass is 9.98. The Morgan fingerprint density at radius 1 is 1.30 bits per heavy atom. The van der Waals surface area contributed by atoms with E-state index < -0.39 is 0 Å². The third-order valence-corrected chi connectivity index (χ3v) is 5.23. The Morgan fingerprint density at radius 3 is 2.74 bits per heavy atom. The smallest absolute Gasteiger partial charge is 0.244 e. The zero-order valence-corrected chi connectivity index (χ0v) is 14.1. The van der Waals surface area contributed by atoms with Gasteiger partial charge in [-0.2, -0.15) is 5.10 Å². The SMILES string of the molecule is CN(C(=O)Cn1ncc2ccccc21)C1CC2CCC(C1)N2.Cl. The quantitative estimate of drug-likeness (QED) is 0.936. The highest BCUT2D eigenvalue weighted by atomic mass is 35.5. The molecule has 1 N–H and O–H groups in total. The summed E-state index contributed by atoms with van der Waals surface area (Å²) < 4.78 is 1.81. The minimum Gasteiger partial charge on any atom is -0.341 e. The summed E-state index contributed by atoms with van der Waals surface area (Å²) in [6.45, 7) is 0.323. The van der Waals surface area contributed by atoms with Crippen LogP contribution in [0.4, 0.5) is 0 Å². The standard InChI is InChI=1S/C17H22N4O.ClH/c1-20(15-8-13-6-7-14(9-15)19-13)17(22)11-21-16-5-3-2-4-12(16)10-18-21;/h2-5,10,13-15,19H,6-9,11H2,1H3;1H. The van der Waals surface area contributed by atoms with Gasteiger partial charge in [0.05, 0.1) is 11.7 Å². The highest BCUT2D eigenvalue weighted by Crippen LogP contribution is 2.29. The van der Waals surface area contributed by atoms with Crippen LogP contribution in [-0.2, 0) is 11.3 Å². The molecule has 124 valence electrons. The number of benzene rings is 1. The maximum atomic E-state index is 12.6. The van der Waals surface area contributed by atoms with Crippen molar-refractivity contribution in [1.29, 1.82) is 0 Å². The summed E-state index contributed by atoms with van der Waals surface area (Å²) in [5, 5.41) is 9.07. The Kier molecular flexibility index (Phi) is 4.60. The van der Waals surface area contributed by atoms with Gasteiger partial charge in [-0.3, -0.25) is 9.48 Å². The van der Waals surface area contributed by atoms with Gasteiger partial charge in [-0.05, 0) is 31.7 Å². The van der Waals surface area contributed by atoms with Gasteiger partial charge in [-0.25, -0.2) is 0 Å². The predicted octanol–water partition coefficient (Wildman–Crippen LogP) is 2.20. The second kappa shape index (κ2) is 6.49. The van der Waals surface area contributed by atoms with Crippen molar-refractivity contribution in [3.8, 4) is 0 Å². The van der Waals surface area contributed by atoms with Gasteiger partial charge in [0, 0.05) is 30.6 Å². The van der Waals surface area contributed by atoms with E-state index in [4.69, 9.17) is 0 Å². The van der Waals surface area contributed by atoms with E-state index in [-0.39, 0.29) is 18.3 Å². The average molecular weight is 335 g/mol. The topological polar surface area (TPSA) is 50.2 Å². The lowest BCUT2D eigenvalue weighted by molar-refractivity contribution is -0.133. The largest absolute Gasteiger partial charge is 0.341 e. The van der Waals surface area contributed by atoms with E-state index in [1.165, 1.54) is 12.8 Å². The number of hydrogen-bond donors (Lipinski definition) is 1. The molecule has 2 aliphatic rings. The molecule has 1 amide bonds. The van der Waals surface area contributed by atoms with Gasteiger partial charge in [0.15, 0.2) is 0 Å². The molecule has 0 spiro atoms. The number of nitrogens with zero attached hydrogens (tertiary/aromatic N) is 3. The van der Waals surface area contributed by atoms with Gasteiger partial charge >= 0.3 is 0 Å². The molecule has 23 heavy (non-hydrogen) atoms. The van der Waals surface area contributed by atoms with Gasteiger partial charge in [0.25, 0.3) is 0 Å². The van der Waals surface area contributed by atoms with E-state index in [1.807, 2.05) is 47.1 Å². The number of likely N-dealkylation sites (N-methyl/N-ethyl adjacent to an activating group) is 1. The molecule has 2 unspecified atom stereocenters. The van der Waals surface area contributed by atoms with Crippen molar-refractivity contribution in [1.82, 2.24) is 20.0 Å². The van der Waals surface area contributed by atoms with E-state index in [9.17, 15) is 4.79 Å². The monoisotopic (exact) mass is 334 g/mol. The summed E-state index contributed by atoms with van der Waals surface area (Å²) in [4.78, 5) is 14.6. The molecule has 3 heterocycles. The number of halogens is 1. The summed E-state index contributed by atoms with van der Waals surface area (Å²) in [6.07, 6.45) is 6.50. The van der Waals surface area contributed by atoms with Gasteiger partial charge in [-0.15, -0.1) is 12.4 Å². The molecular formula is C17H23ClN4O. The number of piperidine rings is 1. The van der Waals surface area contributed by atoms with Gasteiger partial charge in [0.1, 0.15) is 6.54 Å². The van der Waals surface area contributed by atoms with E-state index in [0.29, 0.717) is 24.7 Å². The second-order valence-electron chi connectivity index (χ2n) is 6.63. The maximum Gasteiger partial charge on any atom is 0.244 e. The van der Waals surface area contributed by atoms with E-state index >= 15 is 0 Å². The fourth-order valence-corrected chi connectivity index (χ4v) is 3.94. The zero-order chi connectivity index (χ0) is 15.1. The van der Waals surface area contributed by atoms with Crippen molar-refractivity contribution in [2.24, 2.45) is 0 Å². The Morgan fingerprint density at radius 2 is 2.00 bits per heavy atom. The first-order chi connectivity index (χ1) is 10.7. The highest BCUT2D eigenvalue weighted by molar-refractivity contribution is 5.85. The van der Waals surface area contributed by atoms with Crippen LogP contribution in [-0.4, -0.2) is 45.8 Å². The number of carbonyl (C=O) groups is 1. The van der Waals surface area contributed by atoms with Crippen molar-refractivity contribution < 1.29 is 4.79 Å². The predicted molar refractivity (Wildman–Crippen MR) is 92.7 cm³/mol. The number of rotatable bonds is 3. The lowest BCUT2D eigenvalue weighted by Crippen LogP contribution is -2.49. The molecule has 2 atom stereocenters. The summed E-state index contributed by atoms with van der Waals surface area (Å²) >= 11 is 0. The van der Waals surface area contributed by atoms with Crippen molar-refractivity contribution in [2.75, 3.05) is 7.05 Å². The van der Waals surface area contributed by atoms with Crippen LogP contribution < -0.4 is 5.32 Å². The Balaban J connectivity index is 0.00000156. The average Bonchev–Trinajstić information content (AvgIpc) is 3.10. The highest BCUT2D eigenvalue weighted by Gasteiger charge is 2.36. The molecule has 6 heteroatoms. The van der Waals surface area contributed by atoms with Crippen LogP contribution in [0.3, 0.4) is 0 Å². The molecule has 2 aromatic rings. The Hall–Kier alpha value is -1.59. The number of aromatic nitrogens is 2. The summed E-state index contributed by atoms with van der Waals surface area (Å²) in [6, 6.07) is 9.59. The second-order valence-corrected chi connectivity index (χ2v) is 6.63. The molecule has 1 aromatic carbocycles. The maximum absolute atomic E-state index is 12.6. The molecule has 0 saturated carbocycles. The fourth-order valence-electron chi connectivity index (χ4n) is 3.94. The van der Waals surface area contributed by atoms with Crippen molar-refractivity contribution in [3.05, 3.63) is 30.5 Å². The number of fused-ring (bicyclic) bond motifs is 3. The van der Waals surface area contributed by atoms with E-state index in [0.717, 1.165) is 23.7 Å². The minimum atomic E-state index is 0. The first kappa shape index (κ1) is 16.3. The summed E-state index contributed by atoms with van der Waals surface area (Å²) in [7, 11) is 1.95. The number of carbonyl (C=O) groups excluding carboxylic acids is 1. The molecule has 5 nitrogen and oxygen atoms in total. The van der Waals surface area contributed by atoms with Crippen LogP contribution in [0.2, 0.25) is 0 Å². The third-order valence-electron chi connectivity index (χ3n) is 5.23. The molecule has 2 fully saturated rings. The zero-order valence-electron chi connectivity index (χ0n) is 13.3. The van der Waals surface area contributed by atoms with Crippen LogP contribution in [0, 0.1) is 0 Å². The van der Waals surface area contributed by atoms with Crippen molar-refractivity contribution in [2.45, 2.75) is 50.4 Å². The van der Waals surface area contributed by atoms with Crippen molar-refractivity contribution >= 4 is 29.2 Å². The molecular weight excluding hydrogens is 312 g/mol. The van der Waals surface area contributed by atoms with Gasteiger partial charge < -0.3 is 10.2 Å². The minimum absolute atomic E-state index is 0. The molecule has 1 aromatic heterocycles. The molecule has 4 rings (SSSR count). The molecule has 0 radical (unpaired) electrons. The van der Waals surface area contributed by atoms with Gasteiger partial charge in [-0.1, -0.05) is 18.2 Å². The fraction of sp³-hybridized carbons (Fsp3) is 0.529. The molecule has 0 aliphatic carbocycles. The Bertz CT molecular complexity index is 689. The van der Waals surface area contributed by atoms with Gasteiger partial charge in [0.2, 0.25) is 5.91 Å². The third kappa shape index (κ3) is 3.08. The normalized spacial score (nSPS) is 26.0.